The number of sulfonamides is 1. The van der Waals surface area contributed by atoms with Crippen LogP contribution < -0.4 is 14.4 Å². The maximum Gasteiger partial charge on any atom is 0.264 e. The van der Waals surface area contributed by atoms with Crippen molar-refractivity contribution in [1.82, 2.24) is 10.2 Å². The van der Waals surface area contributed by atoms with Gasteiger partial charge in [0, 0.05) is 13.1 Å². The summed E-state index contributed by atoms with van der Waals surface area (Å²) in [6.45, 7) is 3.55. The molecule has 0 saturated carbocycles. The minimum atomic E-state index is -4.16. The third-order valence-electron chi connectivity index (χ3n) is 5.96. The van der Waals surface area contributed by atoms with Crippen LogP contribution >= 0.6 is 11.6 Å². The second-order valence-electron chi connectivity index (χ2n) is 8.61. The van der Waals surface area contributed by atoms with Crippen molar-refractivity contribution in [1.29, 1.82) is 0 Å². The van der Waals surface area contributed by atoms with Crippen molar-refractivity contribution in [3.63, 3.8) is 0 Å². The summed E-state index contributed by atoms with van der Waals surface area (Å²) in [4.78, 5) is 28.1. The van der Waals surface area contributed by atoms with Gasteiger partial charge in [0.15, 0.2) is 0 Å². The molecular weight excluding hydrogens is 526 g/mol. The Bertz CT molecular complexity index is 1330. The first-order valence-electron chi connectivity index (χ1n) is 12.2. The summed E-state index contributed by atoms with van der Waals surface area (Å²) in [5, 5.41) is 2.99. The largest absolute Gasteiger partial charge is 0.497 e. The van der Waals surface area contributed by atoms with Crippen LogP contribution in [0.15, 0.2) is 83.8 Å². The van der Waals surface area contributed by atoms with Gasteiger partial charge >= 0.3 is 0 Å². The standard InChI is InChI=1S/C28H32ClN3O5S/c1-4-18-30-28(34)21(2)31(19-22-14-16-23(37-3)17-15-22)27(33)20-32(26-13-9-8-12-25(26)29)38(35,36)24-10-6-5-7-11-24/h5-17,21H,4,18-20H2,1-3H3,(H,30,34). The summed E-state index contributed by atoms with van der Waals surface area (Å²) in [5.41, 5.74) is 0.920. The number of nitrogens with zero attached hydrogens (tertiary/aromatic N) is 2. The molecule has 0 heterocycles. The topological polar surface area (TPSA) is 96.0 Å². The molecule has 10 heteroatoms. The van der Waals surface area contributed by atoms with Crippen molar-refractivity contribution in [2.75, 3.05) is 24.5 Å². The zero-order valence-corrected chi connectivity index (χ0v) is 23.2. The average Bonchev–Trinajstić information content (AvgIpc) is 2.94. The molecule has 2 amide bonds. The normalized spacial score (nSPS) is 11.9. The Hall–Kier alpha value is -3.56. The van der Waals surface area contributed by atoms with E-state index in [9.17, 15) is 18.0 Å². The van der Waals surface area contributed by atoms with Gasteiger partial charge in [0.25, 0.3) is 10.0 Å². The van der Waals surface area contributed by atoms with Crippen LogP contribution in [0, 0.1) is 0 Å². The fourth-order valence-electron chi connectivity index (χ4n) is 3.79. The number of benzene rings is 3. The van der Waals surface area contributed by atoms with Crippen LogP contribution in [0.2, 0.25) is 5.02 Å². The van der Waals surface area contributed by atoms with Crippen LogP contribution in [0.1, 0.15) is 25.8 Å². The van der Waals surface area contributed by atoms with Gasteiger partial charge in [-0.2, -0.15) is 0 Å². The second-order valence-corrected chi connectivity index (χ2v) is 10.9. The van der Waals surface area contributed by atoms with Gasteiger partial charge in [0.05, 0.1) is 22.7 Å². The molecule has 0 radical (unpaired) electrons. The first kappa shape index (κ1) is 29.0. The average molecular weight is 558 g/mol. The SMILES string of the molecule is CCCNC(=O)C(C)N(Cc1ccc(OC)cc1)C(=O)CN(c1ccccc1Cl)S(=O)(=O)c1ccccc1. The number of hydrogen-bond acceptors (Lipinski definition) is 5. The number of para-hydroxylation sites is 1. The summed E-state index contributed by atoms with van der Waals surface area (Å²) in [5.74, 6) is -0.234. The minimum Gasteiger partial charge on any atom is -0.497 e. The lowest BCUT2D eigenvalue weighted by molar-refractivity contribution is -0.139. The number of hydrogen-bond donors (Lipinski definition) is 1. The predicted molar refractivity (Wildman–Crippen MR) is 149 cm³/mol. The summed E-state index contributed by atoms with van der Waals surface area (Å²) >= 11 is 6.40. The van der Waals surface area contributed by atoms with Gasteiger partial charge in [0.1, 0.15) is 18.3 Å². The molecule has 0 spiro atoms. The smallest absolute Gasteiger partial charge is 0.264 e. The van der Waals surface area contributed by atoms with Crippen LogP contribution in [-0.2, 0) is 26.2 Å². The van der Waals surface area contributed by atoms with Crippen molar-refractivity contribution in [2.24, 2.45) is 0 Å². The highest BCUT2D eigenvalue weighted by molar-refractivity contribution is 7.92. The number of methoxy groups -OCH3 is 1. The molecule has 202 valence electrons. The molecule has 38 heavy (non-hydrogen) atoms. The number of amides is 2. The zero-order valence-electron chi connectivity index (χ0n) is 21.6. The first-order chi connectivity index (χ1) is 18.2. The van der Waals surface area contributed by atoms with Gasteiger partial charge in [-0.15, -0.1) is 0 Å². The van der Waals surface area contributed by atoms with Gasteiger partial charge in [-0.05, 0) is 55.3 Å². The first-order valence-corrected chi connectivity index (χ1v) is 14.0. The zero-order chi connectivity index (χ0) is 27.7. The van der Waals surface area contributed by atoms with Crippen LogP contribution in [-0.4, -0.2) is 51.4 Å². The number of nitrogens with one attached hydrogen (secondary N) is 1. The summed E-state index contributed by atoms with van der Waals surface area (Å²) < 4.78 is 33.6. The van der Waals surface area contributed by atoms with Crippen LogP contribution in [0.5, 0.6) is 5.75 Å². The summed E-state index contributed by atoms with van der Waals surface area (Å²) in [7, 11) is -2.61. The number of rotatable bonds is 12. The minimum absolute atomic E-state index is 0.0168. The Morgan fingerprint density at radius 2 is 1.61 bits per heavy atom. The fraction of sp³-hybridized carbons (Fsp3) is 0.286. The van der Waals surface area contributed by atoms with E-state index in [1.165, 1.54) is 17.0 Å². The van der Waals surface area contributed by atoms with Crippen molar-refractivity contribution in [3.05, 3.63) is 89.4 Å². The molecule has 8 nitrogen and oxygen atoms in total. The monoisotopic (exact) mass is 557 g/mol. The lowest BCUT2D eigenvalue weighted by atomic mass is 10.1. The molecule has 0 saturated heterocycles. The fourth-order valence-corrected chi connectivity index (χ4v) is 5.54. The molecule has 3 aromatic carbocycles. The van der Waals surface area contributed by atoms with E-state index in [1.54, 1.807) is 80.8 Å². The van der Waals surface area contributed by atoms with E-state index in [4.69, 9.17) is 16.3 Å². The quantitative estimate of drug-likeness (QED) is 0.354. The summed E-state index contributed by atoms with van der Waals surface area (Å²) in [6.07, 6.45) is 0.737. The Labute approximate surface area is 229 Å². The molecule has 0 aliphatic carbocycles. The molecule has 0 aliphatic rings. The van der Waals surface area contributed by atoms with E-state index < -0.39 is 28.5 Å². The number of halogens is 1. The molecule has 1 unspecified atom stereocenters. The van der Waals surface area contributed by atoms with Crippen LogP contribution in [0.4, 0.5) is 5.69 Å². The van der Waals surface area contributed by atoms with E-state index in [2.05, 4.69) is 5.32 Å². The Kier molecular flexibility index (Phi) is 10.2. The van der Waals surface area contributed by atoms with Crippen molar-refractivity contribution < 1.29 is 22.7 Å². The third kappa shape index (κ3) is 7.05. The lowest BCUT2D eigenvalue weighted by Crippen LogP contribution is -2.51. The molecular formula is C28H32ClN3O5S. The molecule has 3 rings (SSSR count). The maximum absolute atomic E-state index is 13.8. The predicted octanol–water partition coefficient (Wildman–Crippen LogP) is 4.49. The second kappa shape index (κ2) is 13.3. The molecule has 1 atom stereocenters. The molecule has 0 aliphatic heterocycles. The van der Waals surface area contributed by atoms with Crippen LogP contribution in [0.3, 0.4) is 0 Å². The maximum atomic E-state index is 13.8. The van der Waals surface area contributed by atoms with Crippen LogP contribution in [0.25, 0.3) is 0 Å². The molecule has 0 bridgehead atoms. The van der Waals surface area contributed by atoms with E-state index in [-0.39, 0.29) is 28.1 Å². The number of carbonyl (C=O) groups is 2. The van der Waals surface area contributed by atoms with Crippen molar-refractivity contribution >= 4 is 39.1 Å². The van der Waals surface area contributed by atoms with Gasteiger partial charge in [-0.3, -0.25) is 13.9 Å². The van der Waals surface area contributed by atoms with Crippen molar-refractivity contribution in [3.8, 4) is 5.75 Å². The van der Waals surface area contributed by atoms with Gasteiger partial charge in [-0.25, -0.2) is 8.42 Å². The van der Waals surface area contributed by atoms with Crippen molar-refractivity contribution in [2.45, 2.75) is 37.8 Å². The Morgan fingerprint density at radius 3 is 2.21 bits per heavy atom. The molecule has 1 N–H and O–H groups in total. The van der Waals surface area contributed by atoms with Gasteiger partial charge in [0.2, 0.25) is 11.8 Å². The molecule has 0 fully saturated rings. The summed E-state index contributed by atoms with van der Waals surface area (Å²) in [6, 6.07) is 20.5. The highest BCUT2D eigenvalue weighted by Crippen LogP contribution is 2.30. The van der Waals surface area contributed by atoms with Gasteiger partial charge in [-0.1, -0.05) is 61.0 Å². The van der Waals surface area contributed by atoms with Gasteiger partial charge < -0.3 is 15.0 Å². The molecule has 3 aromatic rings. The number of anilines is 1. The van der Waals surface area contributed by atoms with E-state index in [0.29, 0.717) is 12.3 Å². The van der Waals surface area contributed by atoms with E-state index in [1.807, 2.05) is 6.92 Å². The van der Waals surface area contributed by atoms with E-state index >= 15 is 0 Å². The Morgan fingerprint density at radius 1 is 0.974 bits per heavy atom. The van der Waals surface area contributed by atoms with E-state index in [0.717, 1.165) is 16.3 Å². The third-order valence-corrected chi connectivity index (χ3v) is 8.05. The lowest BCUT2D eigenvalue weighted by Gasteiger charge is -2.32. The Balaban J connectivity index is 2.01. The number of carbonyl (C=O) groups excluding carboxylic acids is 2. The molecule has 0 aromatic heterocycles. The number of ether oxygens (including phenoxy) is 1. The highest BCUT2D eigenvalue weighted by atomic mass is 35.5. The highest BCUT2D eigenvalue weighted by Gasteiger charge is 2.33.